The summed E-state index contributed by atoms with van der Waals surface area (Å²) < 4.78 is 5.43. The van der Waals surface area contributed by atoms with Gasteiger partial charge in [-0.15, -0.1) is 0 Å². The molecule has 0 aliphatic carbocycles. The fraction of sp³-hybridized carbons (Fsp3) is 0.423. The van der Waals surface area contributed by atoms with Gasteiger partial charge in [0.05, 0.1) is 0 Å². The van der Waals surface area contributed by atoms with Crippen molar-refractivity contribution in [3.63, 3.8) is 0 Å². The number of nitrogens with one attached hydrogen (secondary N) is 2. The van der Waals surface area contributed by atoms with Crippen molar-refractivity contribution < 1.29 is 19.1 Å². The summed E-state index contributed by atoms with van der Waals surface area (Å²) in [6, 6.07) is 16.0. The lowest BCUT2D eigenvalue weighted by Crippen LogP contribution is -2.53. The van der Waals surface area contributed by atoms with E-state index < -0.39 is 12.1 Å². The number of nitrogens with zero attached hydrogens (tertiary/aromatic N) is 1. The first-order valence-corrected chi connectivity index (χ1v) is 11.5. The molecule has 0 bridgehead atoms. The monoisotopic (exact) mass is 451 g/mol. The van der Waals surface area contributed by atoms with Crippen molar-refractivity contribution in [3.05, 3.63) is 71.3 Å². The maximum atomic E-state index is 13.0. The Morgan fingerprint density at radius 3 is 2.42 bits per heavy atom. The molecule has 1 fully saturated rings. The summed E-state index contributed by atoms with van der Waals surface area (Å²) in [4.78, 5) is 39.6. The molecular weight excluding hydrogens is 418 g/mol. The number of hydrogen-bond acceptors (Lipinski definition) is 4. The molecule has 2 atom stereocenters. The Morgan fingerprint density at radius 1 is 1.06 bits per heavy atom. The third kappa shape index (κ3) is 6.81. The standard InChI is InChI=1S/C26H33N3O4/c1-18(2)22(16-27-24(30)21-13-11-19(3)12-14-21)28-25(31)23-10-7-15-29(23)26(32)33-17-20-8-5-4-6-9-20/h4-6,8-9,11-14,18,22-23H,7,10,15-17H2,1-3H3,(H,27,30)(H,28,31)/t22-,23+/m1/s1. The summed E-state index contributed by atoms with van der Waals surface area (Å²) in [5, 5.41) is 5.94. The largest absolute Gasteiger partial charge is 0.445 e. The van der Waals surface area contributed by atoms with Crippen molar-refractivity contribution in [1.82, 2.24) is 15.5 Å². The Labute approximate surface area is 195 Å². The van der Waals surface area contributed by atoms with E-state index in [4.69, 9.17) is 4.74 Å². The lowest BCUT2D eigenvalue weighted by atomic mass is 10.0. The first kappa shape index (κ1) is 24.3. The van der Waals surface area contributed by atoms with Gasteiger partial charge in [-0.3, -0.25) is 14.5 Å². The summed E-state index contributed by atoms with van der Waals surface area (Å²) in [5.74, 6) is -0.290. The number of rotatable bonds is 8. The number of hydrogen-bond donors (Lipinski definition) is 2. The van der Waals surface area contributed by atoms with E-state index in [1.165, 1.54) is 4.90 Å². The molecule has 7 heteroatoms. The van der Waals surface area contributed by atoms with Gasteiger partial charge in [-0.1, -0.05) is 61.9 Å². The van der Waals surface area contributed by atoms with Crippen molar-refractivity contribution in [2.24, 2.45) is 5.92 Å². The molecule has 7 nitrogen and oxygen atoms in total. The molecule has 2 aromatic rings. The van der Waals surface area contributed by atoms with Crippen LogP contribution in [0.5, 0.6) is 0 Å². The zero-order valence-electron chi connectivity index (χ0n) is 19.5. The van der Waals surface area contributed by atoms with E-state index in [9.17, 15) is 14.4 Å². The molecule has 1 aliphatic rings. The summed E-state index contributed by atoms with van der Waals surface area (Å²) in [7, 11) is 0. The highest BCUT2D eigenvalue weighted by molar-refractivity contribution is 5.94. The van der Waals surface area contributed by atoms with Crippen molar-refractivity contribution in [2.75, 3.05) is 13.1 Å². The molecule has 1 heterocycles. The maximum absolute atomic E-state index is 13.0. The summed E-state index contributed by atoms with van der Waals surface area (Å²) in [6.45, 7) is 6.91. The SMILES string of the molecule is Cc1ccc(C(=O)NC[C@@H](NC(=O)[C@@H]2CCCN2C(=O)OCc2ccccc2)C(C)C)cc1. The predicted octanol–water partition coefficient (Wildman–Crippen LogP) is 3.67. The summed E-state index contributed by atoms with van der Waals surface area (Å²) in [6.07, 6.45) is 0.854. The molecule has 3 rings (SSSR count). The van der Waals surface area contributed by atoms with E-state index in [-0.39, 0.29) is 30.4 Å². The van der Waals surface area contributed by atoms with E-state index in [2.05, 4.69) is 10.6 Å². The molecular formula is C26H33N3O4. The van der Waals surface area contributed by atoms with Crippen molar-refractivity contribution >= 4 is 17.9 Å². The van der Waals surface area contributed by atoms with Crippen molar-refractivity contribution in [2.45, 2.75) is 52.3 Å². The molecule has 176 valence electrons. The molecule has 0 saturated carbocycles. The molecule has 1 aliphatic heterocycles. The molecule has 33 heavy (non-hydrogen) atoms. The second-order valence-corrected chi connectivity index (χ2v) is 8.83. The van der Waals surface area contributed by atoms with Crippen LogP contribution in [-0.2, 0) is 16.1 Å². The van der Waals surface area contributed by atoms with Crippen LogP contribution in [0.4, 0.5) is 4.79 Å². The third-order valence-corrected chi connectivity index (χ3v) is 5.92. The average molecular weight is 452 g/mol. The Bertz CT molecular complexity index is 944. The average Bonchev–Trinajstić information content (AvgIpc) is 3.31. The van der Waals surface area contributed by atoms with Gasteiger partial charge >= 0.3 is 6.09 Å². The van der Waals surface area contributed by atoms with E-state index >= 15 is 0 Å². The van der Waals surface area contributed by atoms with Gasteiger partial charge in [0, 0.05) is 24.7 Å². The van der Waals surface area contributed by atoms with Gasteiger partial charge in [0.2, 0.25) is 5.91 Å². The van der Waals surface area contributed by atoms with Crippen LogP contribution in [0, 0.1) is 12.8 Å². The van der Waals surface area contributed by atoms with Gasteiger partial charge < -0.3 is 15.4 Å². The molecule has 2 aromatic carbocycles. The van der Waals surface area contributed by atoms with Crippen LogP contribution in [0.1, 0.15) is 48.2 Å². The Kier molecular flexibility index (Phi) is 8.46. The Morgan fingerprint density at radius 2 is 1.76 bits per heavy atom. The highest BCUT2D eigenvalue weighted by Crippen LogP contribution is 2.20. The Balaban J connectivity index is 1.54. The fourth-order valence-corrected chi connectivity index (χ4v) is 3.80. The molecule has 0 radical (unpaired) electrons. The maximum Gasteiger partial charge on any atom is 0.410 e. The number of likely N-dealkylation sites (tertiary alicyclic amines) is 1. The van der Waals surface area contributed by atoms with Crippen LogP contribution >= 0.6 is 0 Å². The van der Waals surface area contributed by atoms with E-state index in [1.807, 2.05) is 63.2 Å². The fourth-order valence-electron chi connectivity index (χ4n) is 3.80. The lowest BCUT2D eigenvalue weighted by Gasteiger charge is -2.28. The lowest BCUT2D eigenvalue weighted by molar-refractivity contribution is -0.126. The van der Waals surface area contributed by atoms with Gasteiger partial charge in [0.15, 0.2) is 0 Å². The van der Waals surface area contributed by atoms with Crippen LogP contribution in [0.15, 0.2) is 54.6 Å². The van der Waals surface area contributed by atoms with E-state index in [0.29, 0.717) is 25.1 Å². The van der Waals surface area contributed by atoms with Crippen LogP contribution in [0.25, 0.3) is 0 Å². The third-order valence-electron chi connectivity index (χ3n) is 5.92. The van der Waals surface area contributed by atoms with Crippen LogP contribution in [-0.4, -0.2) is 48.0 Å². The van der Waals surface area contributed by atoms with E-state index in [1.54, 1.807) is 12.1 Å². The number of carbonyl (C=O) groups is 3. The molecule has 0 spiro atoms. The molecule has 0 aromatic heterocycles. The number of benzene rings is 2. The topological polar surface area (TPSA) is 87.7 Å². The first-order chi connectivity index (χ1) is 15.8. The highest BCUT2D eigenvalue weighted by atomic mass is 16.6. The number of carbonyl (C=O) groups excluding carboxylic acids is 3. The molecule has 1 saturated heterocycles. The molecule has 0 unspecified atom stereocenters. The highest BCUT2D eigenvalue weighted by Gasteiger charge is 2.36. The molecule has 2 N–H and O–H groups in total. The smallest absolute Gasteiger partial charge is 0.410 e. The van der Waals surface area contributed by atoms with E-state index in [0.717, 1.165) is 17.5 Å². The van der Waals surface area contributed by atoms with Gasteiger partial charge in [-0.05, 0) is 43.4 Å². The first-order valence-electron chi connectivity index (χ1n) is 11.5. The van der Waals surface area contributed by atoms with Crippen molar-refractivity contribution in [1.29, 1.82) is 0 Å². The second kappa shape index (κ2) is 11.5. The Hall–Kier alpha value is -3.35. The minimum Gasteiger partial charge on any atom is -0.445 e. The van der Waals surface area contributed by atoms with Crippen LogP contribution in [0.2, 0.25) is 0 Å². The number of ether oxygens (including phenoxy) is 1. The van der Waals surface area contributed by atoms with Gasteiger partial charge in [0.1, 0.15) is 12.6 Å². The van der Waals surface area contributed by atoms with Gasteiger partial charge in [-0.2, -0.15) is 0 Å². The summed E-state index contributed by atoms with van der Waals surface area (Å²) in [5.41, 5.74) is 2.56. The predicted molar refractivity (Wildman–Crippen MR) is 127 cm³/mol. The van der Waals surface area contributed by atoms with Gasteiger partial charge in [0.25, 0.3) is 5.91 Å². The van der Waals surface area contributed by atoms with Crippen LogP contribution in [0.3, 0.4) is 0 Å². The number of amides is 3. The normalized spacial score (nSPS) is 16.4. The summed E-state index contributed by atoms with van der Waals surface area (Å²) >= 11 is 0. The second-order valence-electron chi connectivity index (χ2n) is 8.83. The van der Waals surface area contributed by atoms with Gasteiger partial charge in [-0.25, -0.2) is 4.79 Å². The minimum absolute atomic E-state index is 0.104. The quantitative estimate of drug-likeness (QED) is 0.641. The van der Waals surface area contributed by atoms with Crippen molar-refractivity contribution in [3.8, 4) is 0 Å². The zero-order chi connectivity index (χ0) is 23.8. The van der Waals surface area contributed by atoms with Crippen LogP contribution < -0.4 is 10.6 Å². The minimum atomic E-state index is -0.567. The molecule has 3 amide bonds. The number of aryl methyl sites for hydroxylation is 1. The zero-order valence-corrected chi connectivity index (χ0v) is 19.5.